The molecule has 1 aromatic rings. The number of hydrogen-bond donors (Lipinski definition) is 2. The highest BCUT2D eigenvalue weighted by Gasteiger charge is 2.45. The van der Waals surface area contributed by atoms with Crippen molar-refractivity contribution in [2.45, 2.75) is 109 Å². The topological polar surface area (TPSA) is 87.7 Å². The highest BCUT2D eigenvalue weighted by molar-refractivity contribution is 5.92. The van der Waals surface area contributed by atoms with Crippen LogP contribution >= 0.6 is 0 Å². The molecule has 0 aliphatic heterocycles. The highest BCUT2D eigenvalue weighted by atomic mass is 16.6. The molecule has 2 aliphatic carbocycles. The van der Waals surface area contributed by atoms with Crippen LogP contribution < -0.4 is 10.6 Å². The number of nitrogens with zero attached hydrogens (tertiary/aromatic N) is 1. The van der Waals surface area contributed by atoms with Gasteiger partial charge in [0.25, 0.3) is 0 Å². The van der Waals surface area contributed by atoms with Gasteiger partial charge in [-0.2, -0.15) is 0 Å². The first-order chi connectivity index (χ1) is 17.0. The van der Waals surface area contributed by atoms with Gasteiger partial charge in [-0.25, -0.2) is 4.79 Å². The molecule has 0 aromatic heterocycles. The van der Waals surface area contributed by atoms with Gasteiger partial charge in [0.1, 0.15) is 17.7 Å². The Balaban J connectivity index is 1.93. The zero-order valence-electron chi connectivity index (χ0n) is 22.3. The average molecular weight is 496 g/mol. The van der Waals surface area contributed by atoms with Gasteiger partial charge in [-0.3, -0.25) is 9.59 Å². The second-order valence-corrected chi connectivity index (χ2v) is 11.4. The summed E-state index contributed by atoms with van der Waals surface area (Å²) in [5, 5.41) is 5.99. The molecule has 0 heterocycles. The predicted molar refractivity (Wildman–Crippen MR) is 140 cm³/mol. The van der Waals surface area contributed by atoms with E-state index in [-0.39, 0.29) is 29.8 Å². The Morgan fingerprint density at radius 1 is 1.03 bits per heavy atom. The molecule has 196 valence electrons. The van der Waals surface area contributed by atoms with E-state index in [0.29, 0.717) is 11.1 Å². The molecule has 0 radical (unpaired) electrons. The first-order valence-electron chi connectivity index (χ1n) is 13.2. The molecule has 2 saturated carbocycles. The first-order valence-corrected chi connectivity index (χ1v) is 13.2. The molecule has 7 heteroatoms. The Morgan fingerprint density at radius 2 is 1.64 bits per heavy atom. The van der Waals surface area contributed by atoms with Crippen molar-refractivity contribution in [3.63, 3.8) is 0 Å². The molecule has 2 atom stereocenters. The van der Waals surface area contributed by atoms with Gasteiger partial charge in [-0.1, -0.05) is 51.2 Å². The first kappa shape index (κ1) is 27.6. The van der Waals surface area contributed by atoms with Crippen molar-refractivity contribution in [2.24, 2.45) is 5.92 Å². The number of rotatable bonds is 8. The average Bonchev–Trinajstić information content (AvgIpc) is 3.65. The van der Waals surface area contributed by atoms with E-state index in [9.17, 15) is 14.4 Å². The summed E-state index contributed by atoms with van der Waals surface area (Å²) in [5.74, 6) is 1.95. The fraction of sp³-hybridized carbons (Fsp3) is 0.621. The van der Waals surface area contributed by atoms with Gasteiger partial charge in [-0.05, 0) is 70.1 Å². The maximum Gasteiger partial charge on any atom is 0.408 e. The minimum atomic E-state index is -0.824. The molecule has 2 unspecified atom stereocenters. The van der Waals surface area contributed by atoms with E-state index in [1.54, 1.807) is 37.8 Å². The molecule has 2 fully saturated rings. The predicted octanol–water partition coefficient (Wildman–Crippen LogP) is 4.70. The molecule has 2 N–H and O–H groups in total. The Hall–Kier alpha value is -3.01. The van der Waals surface area contributed by atoms with E-state index in [0.717, 1.165) is 38.5 Å². The second-order valence-electron chi connectivity index (χ2n) is 11.4. The molecule has 36 heavy (non-hydrogen) atoms. The van der Waals surface area contributed by atoms with Gasteiger partial charge in [0, 0.05) is 17.6 Å². The number of hydrogen-bond acceptors (Lipinski definition) is 4. The third-order valence-corrected chi connectivity index (χ3v) is 6.67. The van der Waals surface area contributed by atoms with Crippen LogP contribution in [0.15, 0.2) is 24.3 Å². The summed E-state index contributed by atoms with van der Waals surface area (Å²) in [6.07, 6.45) is 11.8. The summed E-state index contributed by atoms with van der Waals surface area (Å²) in [7, 11) is 0. The maximum absolute atomic E-state index is 14.0. The molecule has 1 aromatic carbocycles. The SMILES string of the molecule is C#Cc1ccc(C(C(=O)NC2CCCCC2)N(C(=O)C(NC(=O)OC(C)(C)C)C(C)C)C2CC2)cc1. The molecule has 3 amide bonds. The Labute approximate surface area is 215 Å². The number of alkyl carbamates (subject to hydrolysis) is 1. The van der Waals surface area contributed by atoms with Crippen LogP contribution in [0.2, 0.25) is 0 Å². The minimum Gasteiger partial charge on any atom is -0.444 e. The molecule has 2 aliphatic rings. The molecule has 3 rings (SSSR count). The monoisotopic (exact) mass is 495 g/mol. The summed E-state index contributed by atoms with van der Waals surface area (Å²) in [5.41, 5.74) is 0.731. The molecular weight excluding hydrogens is 454 g/mol. The minimum absolute atomic E-state index is 0.0615. The number of carbonyl (C=O) groups is 3. The fourth-order valence-electron chi connectivity index (χ4n) is 4.71. The van der Waals surface area contributed by atoms with E-state index in [1.165, 1.54) is 6.42 Å². The van der Waals surface area contributed by atoms with E-state index in [4.69, 9.17) is 11.2 Å². The van der Waals surface area contributed by atoms with Crippen molar-refractivity contribution in [1.29, 1.82) is 0 Å². The number of nitrogens with one attached hydrogen (secondary N) is 2. The van der Waals surface area contributed by atoms with Crippen molar-refractivity contribution in [2.75, 3.05) is 0 Å². The largest absolute Gasteiger partial charge is 0.444 e. The summed E-state index contributed by atoms with van der Waals surface area (Å²) < 4.78 is 5.42. The smallest absolute Gasteiger partial charge is 0.408 e. The quantitative estimate of drug-likeness (QED) is 0.512. The standard InChI is InChI=1S/C29H41N3O4/c1-7-20-13-15-21(16-14-20)25(26(33)30-22-11-9-8-10-12-22)32(23-17-18-23)27(34)24(19(2)3)31-28(35)36-29(4,5)6/h1,13-16,19,22-25H,8-12,17-18H2,2-6H3,(H,30,33)(H,31,35). The summed E-state index contributed by atoms with van der Waals surface area (Å²) >= 11 is 0. The van der Waals surface area contributed by atoms with Gasteiger partial charge in [0.2, 0.25) is 11.8 Å². The third kappa shape index (κ3) is 7.49. The molecule has 0 spiro atoms. The van der Waals surface area contributed by atoms with Crippen LogP contribution in [-0.4, -0.2) is 46.5 Å². The van der Waals surface area contributed by atoms with Crippen LogP contribution in [0.5, 0.6) is 0 Å². The molecule has 0 bridgehead atoms. The Kier molecular flexibility index (Phi) is 9.05. The lowest BCUT2D eigenvalue weighted by atomic mass is 9.94. The zero-order valence-corrected chi connectivity index (χ0v) is 22.3. The van der Waals surface area contributed by atoms with Crippen LogP contribution in [0, 0.1) is 18.3 Å². The third-order valence-electron chi connectivity index (χ3n) is 6.67. The van der Waals surface area contributed by atoms with Gasteiger partial charge in [0.15, 0.2) is 0 Å². The van der Waals surface area contributed by atoms with Gasteiger partial charge >= 0.3 is 6.09 Å². The zero-order chi connectivity index (χ0) is 26.5. The van der Waals surface area contributed by atoms with Crippen molar-refractivity contribution in [3.05, 3.63) is 35.4 Å². The fourth-order valence-corrected chi connectivity index (χ4v) is 4.71. The summed E-state index contributed by atoms with van der Waals surface area (Å²) in [4.78, 5) is 42.1. The van der Waals surface area contributed by atoms with E-state index in [2.05, 4.69) is 16.6 Å². The van der Waals surface area contributed by atoms with Gasteiger partial charge < -0.3 is 20.3 Å². The van der Waals surface area contributed by atoms with Crippen LogP contribution in [0.1, 0.15) is 96.7 Å². The van der Waals surface area contributed by atoms with Crippen LogP contribution in [-0.2, 0) is 14.3 Å². The van der Waals surface area contributed by atoms with Gasteiger partial charge in [-0.15, -0.1) is 6.42 Å². The van der Waals surface area contributed by atoms with Crippen LogP contribution in [0.4, 0.5) is 4.79 Å². The normalized spacial score (nSPS) is 18.0. The van der Waals surface area contributed by atoms with E-state index >= 15 is 0 Å². The van der Waals surface area contributed by atoms with Gasteiger partial charge in [0.05, 0.1) is 0 Å². The number of carbonyl (C=O) groups excluding carboxylic acids is 3. The van der Waals surface area contributed by atoms with Crippen molar-refractivity contribution < 1.29 is 19.1 Å². The lowest BCUT2D eigenvalue weighted by Crippen LogP contribution is -2.56. The highest BCUT2D eigenvalue weighted by Crippen LogP contribution is 2.36. The van der Waals surface area contributed by atoms with Crippen molar-refractivity contribution >= 4 is 17.9 Å². The lowest BCUT2D eigenvalue weighted by molar-refractivity contribution is -0.144. The molecular formula is C29H41N3O4. The Bertz CT molecular complexity index is 964. The number of benzene rings is 1. The van der Waals surface area contributed by atoms with E-state index < -0.39 is 23.8 Å². The molecule has 7 nitrogen and oxygen atoms in total. The lowest BCUT2D eigenvalue weighted by Gasteiger charge is -2.36. The van der Waals surface area contributed by atoms with Crippen molar-refractivity contribution in [3.8, 4) is 12.3 Å². The van der Waals surface area contributed by atoms with Crippen molar-refractivity contribution in [1.82, 2.24) is 15.5 Å². The number of ether oxygens (including phenoxy) is 1. The van der Waals surface area contributed by atoms with E-state index in [1.807, 2.05) is 26.0 Å². The summed E-state index contributed by atoms with van der Waals surface area (Å²) in [6.45, 7) is 9.09. The van der Waals surface area contributed by atoms with Crippen LogP contribution in [0.3, 0.4) is 0 Å². The second kappa shape index (κ2) is 11.8. The Morgan fingerprint density at radius 3 is 2.14 bits per heavy atom. The molecule has 0 saturated heterocycles. The van der Waals surface area contributed by atoms with Crippen LogP contribution in [0.25, 0.3) is 0 Å². The maximum atomic E-state index is 14.0. The summed E-state index contributed by atoms with van der Waals surface area (Å²) in [6, 6.07) is 5.67. The number of terminal acetylenes is 1. The number of amides is 3.